The van der Waals surface area contributed by atoms with Gasteiger partial charge in [0.2, 0.25) is 5.91 Å². The second kappa shape index (κ2) is 10.8. The third kappa shape index (κ3) is 4.58. The highest BCUT2D eigenvalue weighted by Gasteiger charge is 2.49. The van der Waals surface area contributed by atoms with E-state index in [4.69, 9.17) is 23.2 Å². The number of amides is 1. The second-order valence-electron chi connectivity index (χ2n) is 9.50. The van der Waals surface area contributed by atoms with Crippen molar-refractivity contribution in [2.24, 2.45) is 0 Å². The predicted molar refractivity (Wildman–Crippen MR) is 147 cm³/mol. The molecule has 1 unspecified atom stereocenters. The summed E-state index contributed by atoms with van der Waals surface area (Å²) < 4.78 is 0. The number of rotatable bonds is 7. The van der Waals surface area contributed by atoms with Crippen molar-refractivity contribution in [3.8, 4) is 0 Å². The fourth-order valence-electron chi connectivity index (χ4n) is 5.75. The Labute approximate surface area is 223 Å². The second-order valence-corrected chi connectivity index (χ2v) is 10.3. The summed E-state index contributed by atoms with van der Waals surface area (Å²) in [6, 6.07) is 25.1. The van der Waals surface area contributed by atoms with Crippen molar-refractivity contribution in [1.82, 2.24) is 9.80 Å². The molecule has 0 N–H and O–H groups in total. The topological polar surface area (TPSA) is 40.6 Å². The Balaban J connectivity index is 1.79. The first-order valence-electron chi connectivity index (χ1n) is 12.4. The molecule has 0 aromatic heterocycles. The molecule has 0 bridgehead atoms. The van der Waals surface area contributed by atoms with Crippen LogP contribution < -0.4 is 0 Å². The van der Waals surface area contributed by atoms with Gasteiger partial charge in [-0.25, -0.2) is 0 Å². The number of hydrogen-bond donors (Lipinski definition) is 0. The third-order valence-corrected chi connectivity index (χ3v) is 8.62. The maximum absolute atomic E-state index is 14.3. The van der Waals surface area contributed by atoms with E-state index in [0.29, 0.717) is 48.0 Å². The Kier molecular flexibility index (Phi) is 7.89. The van der Waals surface area contributed by atoms with Crippen LogP contribution in [0.15, 0.2) is 78.9 Å². The number of ketones is 1. The van der Waals surface area contributed by atoms with E-state index in [0.717, 1.165) is 11.1 Å². The standard InChI is InChI=1S/C30H32Cl2N2O2/c1-4-30(25-15-16-26(31)27(32)21-25,28(36)23-11-7-5-8-12-23)34-19-17-29(18-20-34,33(3)22(2)35)24-13-9-6-10-14-24/h5-16,21H,4,17-20H2,1-3H3. The summed E-state index contributed by atoms with van der Waals surface area (Å²) in [5.41, 5.74) is 1.27. The number of hydrogen-bond acceptors (Lipinski definition) is 3. The highest BCUT2D eigenvalue weighted by Crippen LogP contribution is 2.45. The van der Waals surface area contributed by atoms with Crippen molar-refractivity contribution in [1.29, 1.82) is 0 Å². The third-order valence-electron chi connectivity index (χ3n) is 7.88. The number of Topliss-reactive ketones (excluding diaryl/α,β-unsaturated/α-hetero) is 1. The predicted octanol–water partition coefficient (Wildman–Crippen LogP) is 6.95. The number of benzene rings is 3. The molecule has 4 nitrogen and oxygen atoms in total. The molecule has 1 fully saturated rings. The van der Waals surface area contributed by atoms with Gasteiger partial charge in [0.15, 0.2) is 5.78 Å². The van der Waals surface area contributed by atoms with Gasteiger partial charge in [0.25, 0.3) is 0 Å². The van der Waals surface area contributed by atoms with Gasteiger partial charge in [-0.1, -0.05) is 96.9 Å². The number of piperidine rings is 1. The van der Waals surface area contributed by atoms with Crippen LogP contribution in [0.5, 0.6) is 0 Å². The first-order valence-corrected chi connectivity index (χ1v) is 13.1. The van der Waals surface area contributed by atoms with Crippen LogP contribution in [0.3, 0.4) is 0 Å². The maximum atomic E-state index is 14.3. The number of nitrogens with zero attached hydrogens (tertiary/aromatic N) is 2. The van der Waals surface area contributed by atoms with Crippen LogP contribution in [-0.4, -0.2) is 41.6 Å². The lowest BCUT2D eigenvalue weighted by atomic mass is 9.74. The monoisotopic (exact) mass is 522 g/mol. The average Bonchev–Trinajstić information content (AvgIpc) is 2.92. The minimum atomic E-state index is -0.909. The minimum Gasteiger partial charge on any atom is -0.336 e. The summed E-state index contributed by atoms with van der Waals surface area (Å²) in [5, 5.41) is 0.891. The van der Waals surface area contributed by atoms with E-state index in [1.165, 1.54) is 0 Å². The van der Waals surface area contributed by atoms with E-state index < -0.39 is 11.1 Å². The quantitative estimate of drug-likeness (QED) is 0.315. The van der Waals surface area contributed by atoms with Crippen LogP contribution in [0.1, 0.15) is 54.6 Å². The molecule has 0 radical (unpaired) electrons. The normalized spacial score (nSPS) is 17.2. The van der Waals surface area contributed by atoms with Crippen LogP contribution in [0, 0.1) is 0 Å². The molecular weight excluding hydrogens is 491 g/mol. The zero-order valence-electron chi connectivity index (χ0n) is 21.0. The smallest absolute Gasteiger partial charge is 0.219 e. The van der Waals surface area contributed by atoms with Gasteiger partial charge in [0.1, 0.15) is 5.54 Å². The summed E-state index contributed by atoms with van der Waals surface area (Å²) in [6.07, 6.45) is 1.98. The lowest BCUT2D eigenvalue weighted by molar-refractivity contribution is -0.136. The Morgan fingerprint density at radius 3 is 2.03 bits per heavy atom. The molecule has 3 aromatic carbocycles. The van der Waals surface area contributed by atoms with Crippen molar-refractivity contribution in [2.75, 3.05) is 20.1 Å². The van der Waals surface area contributed by atoms with Crippen LogP contribution in [0.4, 0.5) is 0 Å². The summed E-state index contributed by atoms with van der Waals surface area (Å²) in [4.78, 5) is 31.0. The van der Waals surface area contributed by atoms with Gasteiger partial charge in [0, 0.05) is 32.6 Å². The molecule has 3 aromatic rings. The molecule has 1 amide bonds. The molecule has 0 aliphatic carbocycles. The Hall–Kier alpha value is -2.66. The van der Waals surface area contributed by atoms with Gasteiger partial charge in [-0.05, 0) is 42.5 Å². The summed E-state index contributed by atoms with van der Waals surface area (Å²) >= 11 is 12.7. The highest BCUT2D eigenvalue weighted by molar-refractivity contribution is 6.42. The molecule has 1 saturated heterocycles. The van der Waals surface area contributed by atoms with Gasteiger partial charge in [0.05, 0.1) is 15.6 Å². The van der Waals surface area contributed by atoms with Gasteiger partial charge in [-0.3, -0.25) is 14.5 Å². The molecule has 1 aliphatic heterocycles. The molecule has 1 aliphatic rings. The number of carbonyl (C=O) groups is 2. The van der Waals surface area contributed by atoms with Crippen molar-refractivity contribution < 1.29 is 9.59 Å². The Morgan fingerprint density at radius 2 is 1.50 bits per heavy atom. The first-order chi connectivity index (χ1) is 17.3. The van der Waals surface area contributed by atoms with Crippen molar-refractivity contribution >= 4 is 34.9 Å². The zero-order valence-corrected chi connectivity index (χ0v) is 22.5. The first kappa shape index (κ1) is 26.4. The van der Waals surface area contributed by atoms with E-state index in [-0.39, 0.29) is 11.7 Å². The Bertz CT molecular complexity index is 1220. The van der Waals surface area contributed by atoms with E-state index in [2.05, 4.69) is 17.0 Å². The molecule has 188 valence electrons. The summed E-state index contributed by atoms with van der Waals surface area (Å²) in [7, 11) is 1.88. The molecule has 36 heavy (non-hydrogen) atoms. The molecule has 4 rings (SSSR count). The molecule has 1 atom stereocenters. The van der Waals surface area contributed by atoms with Gasteiger partial charge in [-0.2, -0.15) is 0 Å². The van der Waals surface area contributed by atoms with Crippen LogP contribution in [-0.2, 0) is 15.9 Å². The SMILES string of the molecule is CCC(C(=O)c1ccccc1)(c1ccc(Cl)c(Cl)c1)N1CCC(c2ccccc2)(N(C)C(C)=O)CC1. The fraction of sp³-hybridized carbons (Fsp3) is 0.333. The van der Waals surface area contributed by atoms with E-state index >= 15 is 0 Å². The minimum absolute atomic E-state index is 0.0268. The average molecular weight is 524 g/mol. The largest absolute Gasteiger partial charge is 0.336 e. The van der Waals surface area contributed by atoms with Crippen LogP contribution in [0.2, 0.25) is 10.0 Å². The molecule has 0 saturated carbocycles. The molecule has 1 heterocycles. The van der Waals surface area contributed by atoms with Crippen molar-refractivity contribution in [3.05, 3.63) is 106 Å². The highest BCUT2D eigenvalue weighted by atomic mass is 35.5. The number of halogens is 2. The van der Waals surface area contributed by atoms with Gasteiger partial charge >= 0.3 is 0 Å². The van der Waals surface area contributed by atoms with Crippen molar-refractivity contribution in [3.63, 3.8) is 0 Å². The van der Waals surface area contributed by atoms with E-state index in [1.54, 1.807) is 13.0 Å². The number of carbonyl (C=O) groups excluding carboxylic acids is 2. The summed E-state index contributed by atoms with van der Waals surface area (Å²) in [6.45, 7) is 4.94. The lowest BCUT2D eigenvalue weighted by Crippen LogP contribution is -2.60. The number of likely N-dealkylation sites (tertiary alicyclic amines) is 1. The molecule has 0 spiro atoms. The maximum Gasteiger partial charge on any atom is 0.219 e. The molecular formula is C30H32Cl2N2O2. The van der Waals surface area contributed by atoms with Gasteiger partial charge < -0.3 is 4.90 Å². The van der Waals surface area contributed by atoms with Crippen molar-refractivity contribution in [2.45, 2.75) is 44.2 Å². The Morgan fingerprint density at radius 1 is 0.917 bits per heavy atom. The van der Waals surface area contributed by atoms with Gasteiger partial charge in [-0.15, -0.1) is 0 Å². The van der Waals surface area contributed by atoms with E-state index in [1.807, 2.05) is 79.5 Å². The van der Waals surface area contributed by atoms with Crippen LogP contribution >= 0.6 is 23.2 Å². The lowest BCUT2D eigenvalue weighted by Gasteiger charge is -2.52. The molecule has 6 heteroatoms. The zero-order chi connectivity index (χ0) is 25.9. The van der Waals surface area contributed by atoms with Crippen LogP contribution in [0.25, 0.3) is 0 Å². The fourth-order valence-corrected chi connectivity index (χ4v) is 6.05. The summed E-state index contributed by atoms with van der Waals surface area (Å²) in [5.74, 6) is 0.0648. The van der Waals surface area contributed by atoms with E-state index in [9.17, 15) is 9.59 Å².